The number of nitrogens with two attached hydrogens (primary N) is 1. The lowest BCUT2D eigenvalue weighted by atomic mass is 10.1. The molecule has 0 atom stereocenters. The number of alkyl halides is 3. The summed E-state index contributed by atoms with van der Waals surface area (Å²) >= 11 is 1.58. The van der Waals surface area contributed by atoms with Crippen LogP contribution in [-0.2, 0) is 12.7 Å². The van der Waals surface area contributed by atoms with E-state index in [1.807, 2.05) is 21.7 Å². The fourth-order valence-corrected chi connectivity index (χ4v) is 2.48. The first-order valence-electron chi connectivity index (χ1n) is 5.57. The Labute approximate surface area is 113 Å². The number of hydrogen-bond donors (Lipinski definition) is 1. The van der Waals surface area contributed by atoms with E-state index in [2.05, 4.69) is 0 Å². The van der Waals surface area contributed by atoms with Gasteiger partial charge in [-0.15, -0.1) is 0 Å². The van der Waals surface area contributed by atoms with Gasteiger partial charge in [0.1, 0.15) is 0 Å². The Morgan fingerprint density at radius 1 is 1.26 bits per heavy atom. The number of hydrogen-bond acceptors (Lipinski definition) is 3. The van der Waals surface area contributed by atoms with Crippen LogP contribution in [0.2, 0.25) is 0 Å². The SMILES string of the molecule is CN(Cc1ccsc1)c1ccc(C(F)(F)F)cc1N. The molecule has 0 saturated carbocycles. The van der Waals surface area contributed by atoms with Gasteiger partial charge in [0.25, 0.3) is 0 Å². The molecule has 0 radical (unpaired) electrons. The summed E-state index contributed by atoms with van der Waals surface area (Å²) in [6, 6.07) is 5.40. The summed E-state index contributed by atoms with van der Waals surface area (Å²) in [4.78, 5) is 1.83. The molecular weight excluding hydrogens is 273 g/mol. The van der Waals surface area contributed by atoms with Crippen LogP contribution in [0.1, 0.15) is 11.1 Å². The number of nitrogen functional groups attached to an aromatic ring is 1. The van der Waals surface area contributed by atoms with Crippen LogP contribution in [0.5, 0.6) is 0 Å². The van der Waals surface area contributed by atoms with Gasteiger partial charge in [-0.1, -0.05) is 0 Å². The highest BCUT2D eigenvalue weighted by Gasteiger charge is 2.30. The van der Waals surface area contributed by atoms with Crippen LogP contribution in [-0.4, -0.2) is 7.05 Å². The summed E-state index contributed by atoms with van der Waals surface area (Å²) < 4.78 is 37.6. The molecular formula is C13H13F3N2S. The third-order valence-corrected chi connectivity index (χ3v) is 3.50. The molecule has 0 aliphatic carbocycles. The van der Waals surface area contributed by atoms with Gasteiger partial charge in [0, 0.05) is 13.6 Å². The number of nitrogens with zero attached hydrogens (tertiary/aromatic N) is 1. The molecule has 2 aromatic rings. The Bertz CT molecular complexity index is 550. The van der Waals surface area contributed by atoms with E-state index in [0.29, 0.717) is 12.2 Å². The van der Waals surface area contributed by atoms with Crippen molar-refractivity contribution in [2.75, 3.05) is 17.7 Å². The van der Waals surface area contributed by atoms with Crippen LogP contribution in [0.4, 0.5) is 24.5 Å². The highest BCUT2D eigenvalue weighted by Crippen LogP contribution is 2.34. The van der Waals surface area contributed by atoms with Crippen molar-refractivity contribution >= 4 is 22.7 Å². The standard InChI is InChI=1S/C13H13F3N2S/c1-18(7-9-4-5-19-8-9)12-3-2-10(6-11(12)17)13(14,15)16/h2-6,8H,7,17H2,1H3. The van der Waals surface area contributed by atoms with Crippen LogP contribution in [0, 0.1) is 0 Å². The maximum atomic E-state index is 12.5. The lowest BCUT2D eigenvalue weighted by molar-refractivity contribution is -0.137. The summed E-state index contributed by atoms with van der Waals surface area (Å²) in [7, 11) is 1.80. The molecule has 0 bridgehead atoms. The van der Waals surface area contributed by atoms with E-state index in [1.54, 1.807) is 18.4 Å². The highest BCUT2D eigenvalue weighted by atomic mass is 32.1. The second-order valence-electron chi connectivity index (χ2n) is 4.26. The Morgan fingerprint density at radius 2 is 2.00 bits per heavy atom. The number of thiophene rings is 1. The third-order valence-electron chi connectivity index (χ3n) is 2.77. The van der Waals surface area contributed by atoms with E-state index in [4.69, 9.17) is 5.73 Å². The van der Waals surface area contributed by atoms with E-state index in [9.17, 15) is 13.2 Å². The van der Waals surface area contributed by atoms with Crippen molar-refractivity contribution in [1.82, 2.24) is 0 Å². The van der Waals surface area contributed by atoms with Gasteiger partial charge in [-0.2, -0.15) is 24.5 Å². The predicted molar refractivity (Wildman–Crippen MR) is 72.3 cm³/mol. The first-order valence-corrected chi connectivity index (χ1v) is 6.51. The minimum atomic E-state index is -4.36. The quantitative estimate of drug-likeness (QED) is 0.865. The van der Waals surface area contributed by atoms with Crippen LogP contribution < -0.4 is 10.6 Å². The first-order chi connectivity index (χ1) is 8.88. The molecule has 102 valence electrons. The molecule has 0 aliphatic heterocycles. The summed E-state index contributed by atoms with van der Waals surface area (Å²) in [5, 5.41) is 3.95. The van der Waals surface area contributed by atoms with Gasteiger partial charge in [0.05, 0.1) is 16.9 Å². The maximum absolute atomic E-state index is 12.5. The average Bonchev–Trinajstić information content (AvgIpc) is 2.80. The Balaban J connectivity index is 2.21. The fraction of sp³-hybridized carbons (Fsp3) is 0.231. The normalized spacial score (nSPS) is 11.6. The minimum absolute atomic E-state index is 0.132. The fourth-order valence-electron chi connectivity index (χ4n) is 1.82. The average molecular weight is 286 g/mol. The Hall–Kier alpha value is -1.69. The van der Waals surface area contributed by atoms with Crippen molar-refractivity contribution in [3.05, 3.63) is 46.2 Å². The highest BCUT2D eigenvalue weighted by molar-refractivity contribution is 7.07. The van der Waals surface area contributed by atoms with Crippen molar-refractivity contribution in [2.45, 2.75) is 12.7 Å². The molecule has 0 spiro atoms. The largest absolute Gasteiger partial charge is 0.416 e. The molecule has 19 heavy (non-hydrogen) atoms. The van der Waals surface area contributed by atoms with E-state index in [0.717, 1.165) is 17.7 Å². The zero-order chi connectivity index (χ0) is 14.0. The van der Waals surface area contributed by atoms with E-state index in [-0.39, 0.29) is 5.69 Å². The lowest BCUT2D eigenvalue weighted by Crippen LogP contribution is -2.18. The second kappa shape index (κ2) is 5.13. The van der Waals surface area contributed by atoms with E-state index in [1.165, 1.54) is 6.07 Å². The zero-order valence-electron chi connectivity index (χ0n) is 10.2. The molecule has 2 rings (SSSR count). The topological polar surface area (TPSA) is 29.3 Å². The number of benzene rings is 1. The summed E-state index contributed by atoms with van der Waals surface area (Å²) in [6.07, 6.45) is -4.36. The summed E-state index contributed by atoms with van der Waals surface area (Å²) in [5.41, 5.74) is 6.82. The van der Waals surface area contributed by atoms with Crippen LogP contribution in [0.3, 0.4) is 0 Å². The monoisotopic (exact) mass is 286 g/mol. The van der Waals surface area contributed by atoms with Gasteiger partial charge in [0.15, 0.2) is 0 Å². The van der Waals surface area contributed by atoms with Crippen molar-refractivity contribution < 1.29 is 13.2 Å². The van der Waals surface area contributed by atoms with Gasteiger partial charge in [0.2, 0.25) is 0 Å². The van der Waals surface area contributed by atoms with Crippen LogP contribution >= 0.6 is 11.3 Å². The summed E-state index contributed by atoms with van der Waals surface area (Å²) in [6.45, 7) is 0.610. The molecule has 0 saturated heterocycles. The smallest absolute Gasteiger partial charge is 0.397 e. The van der Waals surface area contributed by atoms with Gasteiger partial charge in [-0.05, 0) is 40.6 Å². The summed E-state index contributed by atoms with van der Waals surface area (Å²) in [5.74, 6) is 0. The van der Waals surface area contributed by atoms with Gasteiger partial charge < -0.3 is 10.6 Å². The molecule has 0 fully saturated rings. The van der Waals surface area contributed by atoms with Gasteiger partial charge >= 0.3 is 6.18 Å². The second-order valence-corrected chi connectivity index (χ2v) is 5.04. The number of rotatable bonds is 3. The van der Waals surface area contributed by atoms with E-state index < -0.39 is 11.7 Å². The predicted octanol–water partition coefficient (Wildman–Crippen LogP) is 3.99. The minimum Gasteiger partial charge on any atom is -0.397 e. The lowest BCUT2D eigenvalue weighted by Gasteiger charge is -2.21. The third kappa shape index (κ3) is 3.20. The molecule has 0 unspecified atom stereocenters. The molecule has 6 heteroatoms. The molecule has 1 heterocycles. The number of halogens is 3. The molecule has 1 aromatic heterocycles. The number of anilines is 2. The van der Waals surface area contributed by atoms with Gasteiger partial charge in [-0.3, -0.25) is 0 Å². The first kappa shape index (κ1) is 13.7. The van der Waals surface area contributed by atoms with Crippen molar-refractivity contribution in [3.63, 3.8) is 0 Å². The van der Waals surface area contributed by atoms with Crippen molar-refractivity contribution in [1.29, 1.82) is 0 Å². The molecule has 0 aliphatic rings. The van der Waals surface area contributed by atoms with Crippen LogP contribution in [0.25, 0.3) is 0 Å². The zero-order valence-corrected chi connectivity index (χ0v) is 11.1. The van der Waals surface area contributed by atoms with Gasteiger partial charge in [-0.25, -0.2) is 0 Å². The molecule has 0 amide bonds. The molecule has 1 aromatic carbocycles. The van der Waals surface area contributed by atoms with E-state index >= 15 is 0 Å². The van der Waals surface area contributed by atoms with Crippen molar-refractivity contribution in [3.8, 4) is 0 Å². The maximum Gasteiger partial charge on any atom is 0.416 e. The van der Waals surface area contributed by atoms with Crippen molar-refractivity contribution in [2.24, 2.45) is 0 Å². The molecule has 2 nitrogen and oxygen atoms in total. The van der Waals surface area contributed by atoms with Crippen LogP contribution in [0.15, 0.2) is 35.0 Å². The molecule has 2 N–H and O–H groups in total. The Morgan fingerprint density at radius 3 is 2.53 bits per heavy atom. The Kier molecular flexibility index (Phi) is 3.71.